The van der Waals surface area contributed by atoms with Crippen LogP contribution < -0.4 is 0 Å². The number of phosphoric acid groups is 2. The van der Waals surface area contributed by atoms with E-state index in [1.165, 1.54) is 225 Å². The number of carbonyl (C=O) groups is 4. The summed E-state index contributed by atoms with van der Waals surface area (Å²) in [5, 5.41) is 10.6. The molecule has 0 radical (unpaired) electrons. The maximum atomic E-state index is 13.1. The van der Waals surface area contributed by atoms with E-state index in [4.69, 9.17) is 37.0 Å². The molecule has 0 aliphatic rings. The maximum Gasteiger partial charge on any atom is 0.472 e. The fourth-order valence-electron chi connectivity index (χ4n) is 12.0. The SMILES string of the molecule is CCCCCCCCCCCCCCC(=O)O[C@H](COC(=O)CCCCCCCCCCCC)COP(=O)(O)OC[C@H](O)COP(=O)(O)OC[C@@H](COC(=O)CCCCCCCCCCCCC(C)CC)OC(=O)CCCCCCCCCCCCCCCCCCCCC(C)C. The van der Waals surface area contributed by atoms with Crippen LogP contribution >= 0.6 is 15.6 Å². The Bertz CT molecular complexity index is 1870. The lowest BCUT2D eigenvalue weighted by molar-refractivity contribution is -0.161. The summed E-state index contributed by atoms with van der Waals surface area (Å²) >= 11 is 0. The molecule has 6 atom stereocenters. The molecule has 0 aliphatic heterocycles. The summed E-state index contributed by atoms with van der Waals surface area (Å²) in [4.78, 5) is 72.8. The maximum absolute atomic E-state index is 13.1. The van der Waals surface area contributed by atoms with Crippen LogP contribution in [0.5, 0.6) is 0 Å². The number of phosphoric ester groups is 2. The molecule has 3 N–H and O–H groups in total. The van der Waals surface area contributed by atoms with Gasteiger partial charge in [-0.15, -0.1) is 0 Å². The van der Waals surface area contributed by atoms with Gasteiger partial charge in [0.2, 0.25) is 0 Å². The Morgan fingerprint density at radius 2 is 0.526 bits per heavy atom. The Morgan fingerprint density at radius 1 is 0.299 bits per heavy atom. The zero-order valence-electron chi connectivity index (χ0n) is 63.4. The van der Waals surface area contributed by atoms with Crippen molar-refractivity contribution in [2.24, 2.45) is 11.8 Å². The summed E-state index contributed by atoms with van der Waals surface area (Å²) in [7, 11) is -9.91. The molecular weight excluding hydrogens is 1270 g/mol. The van der Waals surface area contributed by atoms with Gasteiger partial charge in [-0.25, -0.2) is 9.13 Å². The van der Waals surface area contributed by atoms with Gasteiger partial charge >= 0.3 is 39.5 Å². The molecule has 0 bridgehead atoms. The van der Waals surface area contributed by atoms with E-state index in [9.17, 15) is 43.2 Å². The number of hydrogen-bond acceptors (Lipinski definition) is 15. The molecule has 3 unspecified atom stereocenters. The van der Waals surface area contributed by atoms with Gasteiger partial charge in [0, 0.05) is 25.7 Å². The zero-order valence-corrected chi connectivity index (χ0v) is 65.2. The Hall–Kier alpha value is -1.94. The third-order valence-electron chi connectivity index (χ3n) is 18.6. The van der Waals surface area contributed by atoms with Crippen LogP contribution in [0.4, 0.5) is 0 Å². The molecule has 97 heavy (non-hydrogen) atoms. The largest absolute Gasteiger partial charge is 0.472 e. The van der Waals surface area contributed by atoms with Gasteiger partial charge in [0.15, 0.2) is 12.2 Å². The normalized spacial score (nSPS) is 14.2. The lowest BCUT2D eigenvalue weighted by Gasteiger charge is -2.21. The van der Waals surface area contributed by atoms with E-state index in [0.717, 1.165) is 102 Å². The Morgan fingerprint density at radius 3 is 0.784 bits per heavy atom. The van der Waals surface area contributed by atoms with Crippen LogP contribution in [-0.4, -0.2) is 96.7 Å². The van der Waals surface area contributed by atoms with Gasteiger partial charge in [-0.05, 0) is 37.5 Å². The monoisotopic (exact) mass is 1420 g/mol. The molecule has 0 aliphatic carbocycles. The van der Waals surface area contributed by atoms with Gasteiger partial charge in [-0.1, -0.05) is 356 Å². The van der Waals surface area contributed by atoms with Crippen molar-refractivity contribution < 1.29 is 80.2 Å². The molecule has 0 saturated heterocycles. The molecule has 0 aromatic carbocycles. The summed E-state index contributed by atoms with van der Waals surface area (Å²) in [6.07, 6.45) is 58.1. The van der Waals surface area contributed by atoms with E-state index in [0.29, 0.717) is 25.7 Å². The van der Waals surface area contributed by atoms with E-state index >= 15 is 0 Å². The van der Waals surface area contributed by atoms with E-state index in [2.05, 4.69) is 41.5 Å². The van der Waals surface area contributed by atoms with Crippen LogP contribution in [0.25, 0.3) is 0 Å². The van der Waals surface area contributed by atoms with E-state index < -0.39 is 97.5 Å². The number of rotatable bonds is 77. The second-order valence-corrected chi connectivity index (χ2v) is 31.7. The van der Waals surface area contributed by atoms with Crippen molar-refractivity contribution in [3.63, 3.8) is 0 Å². The first-order chi connectivity index (χ1) is 46.9. The Labute approximate surface area is 594 Å². The lowest BCUT2D eigenvalue weighted by Crippen LogP contribution is -2.30. The predicted octanol–water partition coefficient (Wildman–Crippen LogP) is 23.1. The summed E-state index contributed by atoms with van der Waals surface area (Å²) < 4.78 is 68.6. The number of carbonyl (C=O) groups excluding carboxylic acids is 4. The van der Waals surface area contributed by atoms with Crippen molar-refractivity contribution in [2.45, 2.75) is 426 Å². The van der Waals surface area contributed by atoms with Crippen molar-refractivity contribution >= 4 is 39.5 Å². The average Bonchev–Trinajstić information content (AvgIpc) is 1.50. The van der Waals surface area contributed by atoms with Gasteiger partial charge in [-0.2, -0.15) is 0 Å². The molecule has 19 heteroatoms. The molecule has 0 aromatic heterocycles. The fraction of sp³-hybridized carbons (Fsp3) is 0.949. The molecule has 0 spiro atoms. The first-order valence-corrected chi connectivity index (χ1v) is 43.5. The van der Waals surface area contributed by atoms with Crippen LogP contribution in [0.3, 0.4) is 0 Å². The molecule has 0 amide bonds. The lowest BCUT2D eigenvalue weighted by atomic mass is 9.99. The smallest absolute Gasteiger partial charge is 0.462 e. The first kappa shape index (κ1) is 95.1. The number of hydrogen-bond donors (Lipinski definition) is 3. The fourth-order valence-corrected chi connectivity index (χ4v) is 13.6. The third-order valence-corrected chi connectivity index (χ3v) is 20.5. The minimum atomic E-state index is -4.96. The number of aliphatic hydroxyl groups excluding tert-OH is 1. The van der Waals surface area contributed by atoms with Crippen molar-refractivity contribution in [1.29, 1.82) is 0 Å². The van der Waals surface area contributed by atoms with Crippen LogP contribution in [0.15, 0.2) is 0 Å². The van der Waals surface area contributed by atoms with Crippen molar-refractivity contribution in [3.05, 3.63) is 0 Å². The second-order valence-electron chi connectivity index (χ2n) is 28.8. The van der Waals surface area contributed by atoms with Crippen molar-refractivity contribution in [3.8, 4) is 0 Å². The molecule has 0 heterocycles. The van der Waals surface area contributed by atoms with Gasteiger partial charge in [0.1, 0.15) is 19.3 Å². The van der Waals surface area contributed by atoms with Crippen LogP contribution in [0, 0.1) is 11.8 Å². The summed E-state index contributed by atoms with van der Waals surface area (Å²) in [6.45, 7) is 9.67. The molecule has 0 rings (SSSR count). The summed E-state index contributed by atoms with van der Waals surface area (Å²) in [6, 6.07) is 0. The van der Waals surface area contributed by atoms with E-state index in [1.807, 2.05) is 0 Å². The number of aliphatic hydroxyl groups is 1. The highest BCUT2D eigenvalue weighted by atomic mass is 31.2. The minimum absolute atomic E-state index is 0.108. The number of esters is 4. The zero-order chi connectivity index (χ0) is 71.4. The standard InChI is InChI=1S/C78H152O17P2/c1-7-10-12-14-16-18-20-30-38-44-50-56-62-77(82)94-73(66-88-75(80)60-54-48-42-36-19-17-15-13-11-8-2)68-92-96(84,85)90-64-72(79)65-91-97(86,87)93-69-74(67-89-76(81)61-55-49-43-37-33-32-35-41-47-53-59-71(6)9-3)95-78(83)63-57-51-45-39-31-28-26-24-22-21-23-25-27-29-34-40-46-52-58-70(4)5/h70-74,79H,7-69H2,1-6H3,(H,84,85)(H,86,87)/t71?,72-,73+,74+/m0/s1. The minimum Gasteiger partial charge on any atom is -0.462 e. The molecule has 0 aromatic rings. The highest BCUT2D eigenvalue weighted by molar-refractivity contribution is 7.47. The Kier molecular flexibility index (Phi) is 68.4. The third kappa shape index (κ3) is 70.9. The molecule has 576 valence electrons. The highest BCUT2D eigenvalue weighted by Gasteiger charge is 2.30. The van der Waals surface area contributed by atoms with Crippen molar-refractivity contribution in [2.75, 3.05) is 39.6 Å². The molecule has 0 saturated carbocycles. The average molecular weight is 1420 g/mol. The molecule has 0 fully saturated rings. The molecule has 17 nitrogen and oxygen atoms in total. The van der Waals surface area contributed by atoms with E-state index in [1.54, 1.807) is 0 Å². The van der Waals surface area contributed by atoms with Crippen molar-refractivity contribution in [1.82, 2.24) is 0 Å². The first-order valence-electron chi connectivity index (χ1n) is 40.5. The van der Waals surface area contributed by atoms with Crippen LogP contribution in [0.1, 0.15) is 408 Å². The van der Waals surface area contributed by atoms with E-state index in [-0.39, 0.29) is 25.7 Å². The number of unbranched alkanes of at least 4 members (excludes halogenated alkanes) is 46. The van der Waals surface area contributed by atoms with Gasteiger partial charge in [0.05, 0.1) is 26.4 Å². The van der Waals surface area contributed by atoms with Gasteiger partial charge < -0.3 is 33.8 Å². The van der Waals surface area contributed by atoms with Gasteiger partial charge in [0.25, 0.3) is 0 Å². The molecular formula is C78H152O17P2. The van der Waals surface area contributed by atoms with Gasteiger partial charge in [-0.3, -0.25) is 37.3 Å². The summed E-state index contributed by atoms with van der Waals surface area (Å²) in [5.74, 6) is -0.482. The predicted molar refractivity (Wildman–Crippen MR) is 395 cm³/mol. The van der Waals surface area contributed by atoms with Crippen LogP contribution in [0.2, 0.25) is 0 Å². The summed E-state index contributed by atoms with van der Waals surface area (Å²) in [5.41, 5.74) is 0. The Balaban J connectivity index is 5.21. The number of ether oxygens (including phenoxy) is 4. The van der Waals surface area contributed by atoms with Crippen LogP contribution in [-0.2, 0) is 65.4 Å². The quantitative estimate of drug-likeness (QED) is 0.0222. The highest BCUT2D eigenvalue weighted by Crippen LogP contribution is 2.45. The second kappa shape index (κ2) is 69.8. The topological polar surface area (TPSA) is 237 Å².